The predicted octanol–water partition coefficient (Wildman–Crippen LogP) is 2.56. The van der Waals surface area contributed by atoms with Gasteiger partial charge in [-0.05, 0) is 43.5 Å². The number of fused-ring (bicyclic) bond motifs is 3. The number of aryl methyl sites for hydroxylation is 1. The maximum Gasteiger partial charge on any atom is 0.120 e. The van der Waals surface area contributed by atoms with E-state index in [4.69, 9.17) is 10.5 Å². The standard InChI is InChI=1S/C14H18N2O/c1-2-17-10-4-6-13-12(7-10)11-5-3-9(8-15)14(11)16-13/h4,6-7,9,16H,2-3,5,8,15H2,1H3. The molecule has 0 aliphatic heterocycles. The third-order valence-electron chi connectivity index (χ3n) is 3.66. The highest BCUT2D eigenvalue weighted by Crippen LogP contribution is 2.38. The maximum absolute atomic E-state index is 5.80. The van der Waals surface area contributed by atoms with Crippen LogP contribution in [0.2, 0.25) is 0 Å². The number of nitrogens with one attached hydrogen (secondary N) is 1. The van der Waals surface area contributed by atoms with Crippen LogP contribution in [-0.4, -0.2) is 18.1 Å². The first-order valence-electron chi connectivity index (χ1n) is 6.30. The van der Waals surface area contributed by atoms with Crippen molar-refractivity contribution in [3.05, 3.63) is 29.5 Å². The molecule has 0 saturated carbocycles. The number of nitrogens with two attached hydrogens (primary N) is 1. The molecule has 1 atom stereocenters. The lowest BCUT2D eigenvalue weighted by atomic mass is 10.1. The van der Waals surface area contributed by atoms with Gasteiger partial charge in [0, 0.05) is 29.1 Å². The highest BCUT2D eigenvalue weighted by molar-refractivity contribution is 5.86. The molecule has 90 valence electrons. The Kier molecular flexibility index (Phi) is 2.56. The monoisotopic (exact) mass is 230 g/mol. The van der Waals surface area contributed by atoms with Crippen LogP contribution in [0, 0.1) is 0 Å². The minimum atomic E-state index is 0.507. The van der Waals surface area contributed by atoms with Crippen molar-refractivity contribution in [1.29, 1.82) is 0 Å². The molecule has 17 heavy (non-hydrogen) atoms. The Morgan fingerprint density at radius 3 is 3.12 bits per heavy atom. The average Bonchev–Trinajstić information content (AvgIpc) is 2.88. The third-order valence-corrected chi connectivity index (χ3v) is 3.66. The van der Waals surface area contributed by atoms with Gasteiger partial charge in [-0.15, -0.1) is 0 Å². The smallest absolute Gasteiger partial charge is 0.120 e. The molecule has 1 aliphatic carbocycles. The topological polar surface area (TPSA) is 51.0 Å². The molecular weight excluding hydrogens is 212 g/mol. The van der Waals surface area contributed by atoms with Crippen molar-refractivity contribution in [2.24, 2.45) is 5.73 Å². The summed E-state index contributed by atoms with van der Waals surface area (Å²) in [6, 6.07) is 6.27. The van der Waals surface area contributed by atoms with Crippen LogP contribution in [-0.2, 0) is 6.42 Å². The second kappa shape index (κ2) is 4.08. The van der Waals surface area contributed by atoms with Crippen molar-refractivity contribution in [1.82, 2.24) is 4.98 Å². The summed E-state index contributed by atoms with van der Waals surface area (Å²) >= 11 is 0. The van der Waals surface area contributed by atoms with E-state index in [9.17, 15) is 0 Å². The van der Waals surface area contributed by atoms with Gasteiger partial charge in [-0.25, -0.2) is 0 Å². The van der Waals surface area contributed by atoms with Gasteiger partial charge in [-0.1, -0.05) is 0 Å². The third kappa shape index (κ3) is 1.62. The predicted molar refractivity (Wildman–Crippen MR) is 69.6 cm³/mol. The van der Waals surface area contributed by atoms with E-state index in [-0.39, 0.29) is 0 Å². The number of hydrogen-bond acceptors (Lipinski definition) is 2. The Hall–Kier alpha value is -1.48. The summed E-state index contributed by atoms with van der Waals surface area (Å²) in [6.07, 6.45) is 2.30. The molecule has 1 aromatic carbocycles. The summed E-state index contributed by atoms with van der Waals surface area (Å²) in [5.41, 5.74) is 9.79. The zero-order chi connectivity index (χ0) is 11.8. The number of aromatic nitrogens is 1. The molecule has 0 fully saturated rings. The summed E-state index contributed by atoms with van der Waals surface area (Å²) in [5, 5.41) is 1.31. The van der Waals surface area contributed by atoms with Crippen LogP contribution in [0.4, 0.5) is 0 Å². The van der Waals surface area contributed by atoms with Gasteiger partial charge in [0.1, 0.15) is 5.75 Å². The van der Waals surface area contributed by atoms with Crippen molar-refractivity contribution in [3.63, 3.8) is 0 Å². The lowest BCUT2D eigenvalue weighted by molar-refractivity contribution is 0.340. The molecule has 1 aliphatic rings. The van der Waals surface area contributed by atoms with Gasteiger partial charge in [-0.3, -0.25) is 0 Å². The summed E-state index contributed by atoms with van der Waals surface area (Å²) in [4.78, 5) is 3.51. The van der Waals surface area contributed by atoms with Crippen molar-refractivity contribution in [2.45, 2.75) is 25.7 Å². The Morgan fingerprint density at radius 1 is 1.47 bits per heavy atom. The largest absolute Gasteiger partial charge is 0.494 e. The molecule has 0 saturated heterocycles. The van der Waals surface area contributed by atoms with E-state index in [1.807, 2.05) is 13.0 Å². The summed E-state index contributed by atoms with van der Waals surface area (Å²) in [6.45, 7) is 3.46. The number of rotatable bonds is 3. The van der Waals surface area contributed by atoms with E-state index in [0.29, 0.717) is 12.5 Å². The Morgan fingerprint density at radius 2 is 2.35 bits per heavy atom. The quantitative estimate of drug-likeness (QED) is 0.851. The minimum Gasteiger partial charge on any atom is -0.494 e. The molecule has 0 radical (unpaired) electrons. The first-order valence-corrected chi connectivity index (χ1v) is 6.30. The first kappa shape index (κ1) is 10.7. The fourth-order valence-corrected chi connectivity index (χ4v) is 2.82. The van der Waals surface area contributed by atoms with E-state index < -0.39 is 0 Å². The Bertz CT molecular complexity index is 544. The van der Waals surface area contributed by atoms with Crippen molar-refractivity contribution < 1.29 is 4.74 Å². The number of ether oxygens (including phenoxy) is 1. The van der Waals surface area contributed by atoms with E-state index in [1.54, 1.807) is 0 Å². The fraction of sp³-hybridized carbons (Fsp3) is 0.429. The normalized spacial score (nSPS) is 18.6. The zero-order valence-corrected chi connectivity index (χ0v) is 10.1. The lowest BCUT2D eigenvalue weighted by Gasteiger charge is -2.04. The second-order valence-corrected chi connectivity index (χ2v) is 4.63. The lowest BCUT2D eigenvalue weighted by Crippen LogP contribution is -2.09. The van der Waals surface area contributed by atoms with Crippen LogP contribution in [0.3, 0.4) is 0 Å². The van der Waals surface area contributed by atoms with Crippen LogP contribution >= 0.6 is 0 Å². The molecule has 3 heteroatoms. The number of aromatic amines is 1. The summed E-state index contributed by atoms with van der Waals surface area (Å²) in [7, 11) is 0. The molecule has 3 N–H and O–H groups in total. The van der Waals surface area contributed by atoms with E-state index in [0.717, 1.165) is 18.7 Å². The van der Waals surface area contributed by atoms with Gasteiger partial charge >= 0.3 is 0 Å². The molecule has 0 spiro atoms. The molecule has 0 bridgehead atoms. The highest BCUT2D eigenvalue weighted by atomic mass is 16.5. The molecule has 3 rings (SSSR count). The molecule has 2 aromatic rings. The second-order valence-electron chi connectivity index (χ2n) is 4.63. The van der Waals surface area contributed by atoms with Gasteiger partial charge in [-0.2, -0.15) is 0 Å². The van der Waals surface area contributed by atoms with Crippen LogP contribution in [0.15, 0.2) is 18.2 Å². The molecule has 1 heterocycles. The minimum absolute atomic E-state index is 0.507. The van der Waals surface area contributed by atoms with Gasteiger partial charge < -0.3 is 15.5 Å². The van der Waals surface area contributed by atoms with Crippen LogP contribution < -0.4 is 10.5 Å². The van der Waals surface area contributed by atoms with Crippen LogP contribution in [0.5, 0.6) is 5.75 Å². The average molecular weight is 230 g/mol. The maximum atomic E-state index is 5.80. The summed E-state index contributed by atoms with van der Waals surface area (Å²) in [5.74, 6) is 1.46. The molecular formula is C14H18N2O. The van der Waals surface area contributed by atoms with Gasteiger partial charge in [0.25, 0.3) is 0 Å². The van der Waals surface area contributed by atoms with Gasteiger partial charge in [0.05, 0.1) is 6.61 Å². The Labute approximate surface area is 101 Å². The van der Waals surface area contributed by atoms with Crippen molar-refractivity contribution in [2.75, 3.05) is 13.2 Å². The number of hydrogen-bond donors (Lipinski definition) is 2. The molecule has 3 nitrogen and oxygen atoms in total. The number of benzene rings is 1. The van der Waals surface area contributed by atoms with Crippen molar-refractivity contribution >= 4 is 10.9 Å². The van der Waals surface area contributed by atoms with Gasteiger partial charge in [0.2, 0.25) is 0 Å². The van der Waals surface area contributed by atoms with Crippen molar-refractivity contribution in [3.8, 4) is 5.75 Å². The van der Waals surface area contributed by atoms with E-state index in [2.05, 4.69) is 17.1 Å². The Balaban J connectivity index is 2.11. The SMILES string of the molecule is CCOc1ccc2[nH]c3c(c2c1)CCC3CN. The molecule has 0 amide bonds. The van der Waals surface area contributed by atoms with Crippen LogP contribution in [0.1, 0.15) is 30.5 Å². The first-order chi connectivity index (χ1) is 8.33. The fourth-order valence-electron chi connectivity index (χ4n) is 2.82. The van der Waals surface area contributed by atoms with Crippen LogP contribution in [0.25, 0.3) is 10.9 Å². The number of H-pyrrole nitrogens is 1. The van der Waals surface area contributed by atoms with E-state index >= 15 is 0 Å². The highest BCUT2D eigenvalue weighted by Gasteiger charge is 2.25. The zero-order valence-electron chi connectivity index (χ0n) is 10.1. The van der Waals surface area contributed by atoms with E-state index in [1.165, 1.54) is 28.6 Å². The molecule has 1 aromatic heterocycles. The molecule has 1 unspecified atom stereocenters. The van der Waals surface area contributed by atoms with Gasteiger partial charge in [0.15, 0.2) is 0 Å². The summed E-state index contributed by atoms with van der Waals surface area (Å²) < 4.78 is 5.56.